The molecule has 2 aromatic carbocycles. The van der Waals surface area contributed by atoms with Gasteiger partial charge in [0.15, 0.2) is 0 Å². The Bertz CT molecular complexity index is 1060. The molecule has 1 amide bonds. The van der Waals surface area contributed by atoms with Gasteiger partial charge in [-0.2, -0.15) is 10.4 Å². The summed E-state index contributed by atoms with van der Waals surface area (Å²) in [7, 11) is 1.00. The minimum Gasteiger partial charge on any atom is -0.664 e. The van der Waals surface area contributed by atoms with Crippen molar-refractivity contribution in [2.45, 2.75) is 25.2 Å². The molecule has 0 atom stereocenters. The van der Waals surface area contributed by atoms with E-state index < -0.39 is 10.8 Å². The molecule has 1 aliphatic rings. The standard InChI is InChI=1S/C20H19FN4O3S.CH4O.CH3.H2O.Y/c21-15-7-4-13(5-8-15)20-23-18(11-29-20)25(27,28)24-17-9-6-14(19(22)26)10-16(17)12-2-1-3-12;1-2;;;/h4-12,27-28H,1-3H2,(H2-,22,24,26);2H,1H3;1H3;1H2;/q;;-1;;. The fourth-order valence-corrected chi connectivity index (χ4v) is 4.06. The number of quaternary nitrogens is 1. The zero-order valence-electron chi connectivity index (χ0n) is 18.8. The first-order chi connectivity index (χ1) is 14.8. The second kappa shape index (κ2) is 13.9. The monoisotopic (exact) mass is 568 g/mol. The van der Waals surface area contributed by atoms with Crippen LogP contribution in [0.25, 0.3) is 16.3 Å². The van der Waals surface area contributed by atoms with Gasteiger partial charge in [-0.15, -0.1) is 21.8 Å². The molecule has 0 saturated heterocycles. The van der Waals surface area contributed by atoms with E-state index in [-0.39, 0.29) is 68.7 Å². The van der Waals surface area contributed by atoms with Gasteiger partial charge in [0, 0.05) is 45.4 Å². The van der Waals surface area contributed by atoms with Gasteiger partial charge in [-0.05, 0) is 66.3 Å². The van der Waals surface area contributed by atoms with Crippen molar-refractivity contribution in [2.24, 2.45) is 0 Å². The first-order valence-electron chi connectivity index (χ1n) is 9.53. The summed E-state index contributed by atoms with van der Waals surface area (Å²) in [6, 6.07) is 10.4. The molecule has 9 nitrogen and oxygen atoms in total. The Kier molecular flexibility index (Phi) is 13.2. The predicted molar refractivity (Wildman–Crippen MR) is 126 cm³/mol. The SMILES string of the molecule is CO.O.[CH3-].[NH-]C(=O)c1ccc(N[N+](O)(O)c2csc(-c3ccc(F)cc3)n2)c(C2CCC2)c1.[Y]. The Morgan fingerprint density at radius 1 is 1.18 bits per heavy atom. The number of benzene rings is 2. The van der Waals surface area contributed by atoms with Crippen molar-refractivity contribution in [3.05, 3.63) is 77.9 Å². The molecular weight excluding hydrogens is 540 g/mol. The Morgan fingerprint density at radius 2 is 1.79 bits per heavy atom. The minimum atomic E-state index is -1.68. The van der Waals surface area contributed by atoms with E-state index in [0.29, 0.717) is 16.3 Å². The number of hydrogen-bond acceptors (Lipinski definition) is 7. The molecule has 34 heavy (non-hydrogen) atoms. The van der Waals surface area contributed by atoms with E-state index in [1.165, 1.54) is 34.9 Å². The van der Waals surface area contributed by atoms with Crippen LogP contribution in [-0.4, -0.2) is 39.0 Å². The van der Waals surface area contributed by atoms with Crippen molar-refractivity contribution in [3.8, 4) is 10.6 Å². The van der Waals surface area contributed by atoms with Crippen molar-refractivity contribution < 1.29 is 62.9 Å². The number of rotatable bonds is 6. The van der Waals surface area contributed by atoms with E-state index in [0.717, 1.165) is 31.9 Å². The van der Waals surface area contributed by atoms with Gasteiger partial charge < -0.3 is 28.5 Å². The molecule has 0 aliphatic heterocycles. The van der Waals surface area contributed by atoms with Gasteiger partial charge in [0.1, 0.15) is 15.7 Å². The number of nitrogens with one attached hydrogen (secondary N) is 2. The van der Waals surface area contributed by atoms with Crippen LogP contribution in [0.2, 0.25) is 0 Å². The second-order valence-electron chi connectivity index (χ2n) is 6.99. The summed E-state index contributed by atoms with van der Waals surface area (Å²) >= 11 is 1.20. The number of thiazole rings is 1. The maximum Gasteiger partial charge on any atom is 0.333 e. The fourth-order valence-electron chi connectivity index (χ4n) is 3.22. The Hall–Kier alpha value is -1.83. The summed E-state index contributed by atoms with van der Waals surface area (Å²) in [6.45, 7) is 0. The molecule has 1 fully saturated rings. The summed E-state index contributed by atoms with van der Waals surface area (Å²) in [6.07, 6.45) is 2.94. The average molecular weight is 568 g/mol. The normalized spacial score (nSPS) is 12.5. The number of anilines is 1. The van der Waals surface area contributed by atoms with Gasteiger partial charge in [-0.1, -0.05) is 12.5 Å². The number of carbonyl (C=O) groups is 1. The van der Waals surface area contributed by atoms with E-state index in [1.54, 1.807) is 24.3 Å². The van der Waals surface area contributed by atoms with Crippen LogP contribution in [0.3, 0.4) is 0 Å². The number of aromatic nitrogens is 1. The molecule has 1 heterocycles. The van der Waals surface area contributed by atoms with Crippen molar-refractivity contribution in [2.75, 3.05) is 12.5 Å². The van der Waals surface area contributed by atoms with Gasteiger partial charge in [0.2, 0.25) is 0 Å². The van der Waals surface area contributed by atoms with Crippen LogP contribution in [0, 0.1) is 13.2 Å². The molecule has 0 bridgehead atoms. The van der Waals surface area contributed by atoms with Gasteiger partial charge in [0.05, 0.1) is 17.0 Å². The number of amides is 1. The van der Waals surface area contributed by atoms with Crippen LogP contribution in [0.15, 0.2) is 47.8 Å². The summed E-state index contributed by atoms with van der Waals surface area (Å²) in [4.78, 5) is 14.0. The molecule has 4 rings (SSSR count). The molecule has 1 aliphatic carbocycles. The zero-order valence-corrected chi connectivity index (χ0v) is 22.5. The van der Waals surface area contributed by atoms with E-state index in [4.69, 9.17) is 10.8 Å². The maximum absolute atomic E-state index is 13.1. The van der Waals surface area contributed by atoms with Crippen molar-refractivity contribution >= 4 is 28.7 Å². The Morgan fingerprint density at radius 3 is 2.32 bits per heavy atom. The summed E-state index contributed by atoms with van der Waals surface area (Å²) in [5.41, 5.74) is 12.1. The molecule has 1 saturated carbocycles. The third-order valence-corrected chi connectivity index (χ3v) is 5.92. The van der Waals surface area contributed by atoms with Crippen molar-refractivity contribution in [1.82, 2.24) is 9.90 Å². The Labute approximate surface area is 226 Å². The third-order valence-electron chi connectivity index (χ3n) is 5.04. The number of aliphatic hydroxyl groups is 1. The number of aliphatic hydroxyl groups excluding tert-OH is 1. The minimum absolute atomic E-state index is 0. The molecule has 183 valence electrons. The van der Waals surface area contributed by atoms with Crippen LogP contribution in [0.5, 0.6) is 0 Å². The number of nitrogens with zero attached hydrogens (tertiary/aromatic N) is 2. The number of hydrogen-bond donors (Lipinski definition) is 4. The molecule has 7 N–H and O–H groups in total. The molecular formula is C22H28FN4O5SY-. The summed E-state index contributed by atoms with van der Waals surface area (Å²) in [5, 5.41) is 30.2. The maximum atomic E-state index is 13.1. The number of halogens is 1. The van der Waals surface area contributed by atoms with Crippen LogP contribution in [0.1, 0.15) is 41.1 Å². The summed E-state index contributed by atoms with van der Waals surface area (Å²) < 4.78 is 13.1. The molecule has 0 unspecified atom stereocenters. The van der Waals surface area contributed by atoms with Gasteiger partial charge >= 0.3 is 5.82 Å². The van der Waals surface area contributed by atoms with Crippen LogP contribution >= 0.6 is 11.3 Å². The van der Waals surface area contributed by atoms with Crippen molar-refractivity contribution in [3.63, 3.8) is 0 Å². The topological polar surface area (TPSA) is 158 Å². The van der Waals surface area contributed by atoms with Crippen LogP contribution in [0.4, 0.5) is 15.9 Å². The third kappa shape index (κ3) is 7.33. The van der Waals surface area contributed by atoms with E-state index >= 15 is 0 Å². The first-order valence-corrected chi connectivity index (χ1v) is 10.4. The molecule has 12 heteroatoms. The van der Waals surface area contributed by atoms with E-state index in [2.05, 4.69) is 10.4 Å². The summed E-state index contributed by atoms with van der Waals surface area (Å²) in [5.74, 6) is -0.995. The average Bonchev–Trinajstić information content (AvgIpc) is 3.21. The zero-order chi connectivity index (χ0) is 22.6. The molecule has 1 aromatic heterocycles. The number of carbonyl (C=O) groups excluding carboxylic acids is 1. The molecule has 3 aromatic rings. The second-order valence-corrected chi connectivity index (χ2v) is 7.85. The van der Waals surface area contributed by atoms with E-state index in [1.807, 2.05) is 0 Å². The van der Waals surface area contributed by atoms with Gasteiger partial charge in [0.25, 0.3) is 0 Å². The van der Waals surface area contributed by atoms with Gasteiger partial charge in [-0.25, -0.2) is 4.39 Å². The largest absolute Gasteiger partial charge is 0.664 e. The molecule has 0 spiro atoms. The quantitative estimate of drug-likeness (QED) is 0.191. The van der Waals surface area contributed by atoms with Gasteiger partial charge in [-0.3, -0.25) is 0 Å². The van der Waals surface area contributed by atoms with E-state index in [9.17, 15) is 19.6 Å². The first kappa shape index (κ1) is 32.2. The molecule has 1 radical (unpaired) electrons. The smallest absolute Gasteiger partial charge is 0.333 e. The van der Waals surface area contributed by atoms with Crippen LogP contribution < -0.4 is 10.3 Å². The van der Waals surface area contributed by atoms with Crippen molar-refractivity contribution in [1.29, 1.82) is 0 Å². The fraction of sp³-hybridized carbons (Fsp3) is 0.227. The Balaban J connectivity index is 0.00000212. The van der Waals surface area contributed by atoms with Crippen LogP contribution in [-0.2, 0) is 32.7 Å². The predicted octanol–water partition coefficient (Wildman–Crippen LogP) is 4.75.